The molecule has 0 aliphatic carbocycles. The molecule has 4 nitrogen and oxygen atoms in total. The largest absolute Gasteiger partial charge is 0.444 e. The third kappa shape index (κ3) is 3.37. The van der Waals surface area contributed by atoms with Gasteiger partial charge in [-0.05, 0) is 23.6 Å². The summed E-state index contributed by atoms with van der Waals surface area (Å²) in [4.78, 5) is 25.0. The van der Waals surface area contributed by atoms with Crippen LogP contribution >= 0.6 is 11.6 Å². The number of amides is 1. The Morgan fingerprint density at radius 3 is 2.83 bits per heavy atom. The highest BCUT2D eigenvalue weighted by Gasteiger charge is 2.23. The van der Waals surface area contributed by atoms with Crippen LogP contribution in [-0.2, 0) is 24.3 Å². The average molecular weight is 330 g/mol. The Labute approximate surface area is 139 Å². The van der Waals surface area contributed by atoms with Crippen LogP contribution in [0.5, 0.6) is 0 Å². The van der Waals surface area contributed by atoms with E-state index in [4.69, 9.17) is 16.3 Å². The molecule has 0 radical (unpaired) electrons. The number of hydrogen-bond donors (Lipinski definition) is 0. The minimum absolute atomic E-state index is 0.136. The number of carbonyl (C=O) groups is 2. The highest BCUT2D eigenvalue weighted by atomic mass is 35.5. The fourth-order valence-corrected chi connectivity index (χ4v) is 2.91. The van der Waals surface area contributed by atoms with Crippen molar-refractivity contribution in [2.45, 2.75) is 19.6 Å². The van der Waals surface area contributed by atoms with E-state index in [9.17, 15) is 9.59 Å². The molecule has 3 rings (SSSR count). The van der Waals surface area contributed by atoms with Gasteiger partial charge in [-0.25, -0.2) is 4.79 Å². The Kier molecular flexibility index (Phi) is 4.63. The molecule has 118 valence electrons. The number of ether oxygens (including phenoxy) is 1. The molecular weight excluding hydrogens is 314 g/mol. The van der Waals surface area contributed by atoms with E-state index in [0.717, 1.165) is 29.4 Å². The molecule has 1 aliphatic rings. The van der Waals surface area contributed by atoms with Crippen molar-refractivity contribution in [1.82, 2.24) is 4.90 Å². The van der Waals surface area contributed by atoms with Crippen molar-refractivity contribution >= 4 is 24.0 Å². The molecule has 0 N–H and O–H groups in total. The van der Waals surface area contributed by atoms with Crippen LogP contribution in [0.2, 0.25) is 5.02 Å². The van der Waals surface area contributed by atoms with E-state index < -0.39 is 6.09 Å². The molecule has 5 heteroatoms. The Hall–Kier alpha value is -2.33. The second kappa shape index (κ2) is 6.84. The van der Waals surface area contributed by atoms with E-state index in [1.165, 1.54) is 0 Å². The van der Waals surface area contributed by atoms with Crippen LogP contribution in [0.15, 0.2) is 42.5 Å². The van der Waals surface area contributed by atoms with Crippen LogP contribution in [-0.4, -0.2) is 23.8 Å². The molecule has 0 unspecified atom stereocenters. The third-order valence-corrected chi connectivity index (χ3v) is 4.37. The summed E-state index contributed by atoms with van der Waals surface area (Å²) in [7, 11) is 0. The van der Waals surface area contributed by atoms with E-state index in [0.29, 0.717) is 23.7 Å². The van der Waals surface area contributed by atoms with Gasteiger partial charge in [0.25, 0.3) is 0 Å². The third-order valence-electron chi connectivity index (χ3n) is 4.00. The SMILES string of the molecule is O=Cc1cccc2c1CN(C(=O)OCc1ccccc1Cl)CC2. The molecular formula is C18H16ClNO3. The Balaban J connectivity index is 1.67. The van der Waals surface area contributed by atoms with Gasteiger partial charge in [0.1, 0.15) is 12.9 Å². The average Bonchev–Trinajstić information content (AvgIpc) is 2.59. The number of hydrogen-bond acceptors (Lipinski definition) is 3. The monoisotopic (exact) mass is 329 g/mol. The van der Waals surface area contributed by atoms with Gasteiger partial charge in [0.05, 0.1) is 0 Å². The first-order valence-corrected chi connectivity index (χ1v) is 7.78. The first-order chi connectivity index (χ1) is 11.2. The van der Waals surface area contributed by atoms with Gasteiger partial charge in [0, 0.05) is 29.2 Å². The second-order valence-corrected chi connectivity index (χ2v) is 5.83. The summed E-state index contributed by atoms with van der Waals surface area (Å²) in [6.07, 6.45) is 1.16. The Bertz CT molecular complexity index is 745. The van der Waals surface area contributed by atoms with Crippen LogP contribution < -0.4 is 0 Å². The minimum atomic E-state index is -0.392. The van der Waals surface area contributed by atoms with Crippen LogP contribution in [0.4, 0.5) is 4.79 Å². The van der Waals surface area contributed by atoms with Crippen molar-refractivity contribution in [1.29, 1.82) is 0 Å². The zero-order valence-corrected chi connectivity index (χ0v) is 13.3. The maximum atomic E-state index is 12.3. The summed E-state index contributed by atoms with van der Waals surface area (Å²) < 4.78 is 5.35. The van der Waals surface area contributed by atoms with Crippen molar-refractivity contribution in [3.63, 3.8) is 0 Å². The van der Waals surface area contributed by atoms with E-state index in [-0.39, 0.29) is 6.61 Å². The molecule has 1 amide bonds. The van der Waals surface area contributed by atoms with Gasteiger partial charge < -0.3 is 9.64 Å². The first kappa shape index (κ1) is 15.6. The van der Waals surface area contributed by atoms with Gasteiger partial charge in [-0.15, -0.1) is 0 Å². The molecule has 0 saturated carbocycles. The molecule has 0 atom stereocenters. The molecule has 23 heavy (non-hydrogen) atoms. The zero-order valence-electron chi connectivity index (χ0n) is 12.5. The fourth-order valence-electron chi connectivity index (χ4n) is 2.72. The van der Waals surface area contributed by atoms with Gasteiger partial charge >= 0.3 is 6.09 Å². The summed E-state index contributed by atoms with van der Waals surface area (Å²) in [5, 5.41) is 0.576. The quantitative estimate of drug-likeness (QED) is 0.804. The maximum Gasteiger partial charge on any atom is 0.410 e. The summed E-state index contributed by atoms with van der Waals surface area (Å²) >= 11 is 6.06. The van der Waals surface area contributed by atoms with Crippen molar-refractivity contribution in [3.05, 3.63) is 69.7 Å². The van der Waals surface area contributed by atoms with Gasteiger partial charge in [-0.2, -0.15) is 0 Å². The van der Waals surface area contributed by atoms with E-state index in [1.54, 1.807) is 17.0 Å². The van der Waals surface area contributed by atoms with Crippen molar-refractivity contribution in [2.75, 3.05) is 6.54 Å². The lowest BCUT2D eigenvalue weighted by atomic mass is 9.96. The number of fused-ring (bicyclic) bond motifs is 1. The molecule has 0 spiro atoms. The van der Waals surface area contributed by atoms with Crippen LogP contribution in [0, 0.1) is 0 Å². The lowest BCUT2D eigenvalue weighted by Gasteiger charge is -2.29. The number of benzene rings is 2. The molecule has 2 aromatic carbocycles. The molecule has 0 bridgehead atoms. The molecule has 1 aliphatic heterocycles. The summed E-state index contributed by atoms with van der Waals surface area (Å²) in [6.45, 7) is 1.11. The second-order valence-electron chi connectivity index (χ2n) is 5.42. The first-order valence-electron chi connectivity index (χ1n) is 7.40. The number of halogens is 1. The summed E-state index contributed by atoms with van der Waals surface area (Å²) in [5.41, 5.74) is 3.42. The van der Waals surface area contributed by atoms with Crippen molar-refractivity contribution in [3.8, 4) is 0 Å². The predicted molar refractivity (Wildman–Crippen MR) is 87.6 cm³/mol. The lowest BCUT2D eigenvalue weighted by Crippen LogP contribution is -2.36. The zero-order chi connectivity index (χ0) is 16.2. The van der Waals surface area contributed by atoms with Crippen LogP contribution in [0.25, 0.3) is 0 Å². The van der Waals surface area contributed by atoms with Crippen LogP contribution in [0.3, 0.4) is 0 Å². The highest BCUT2D eigenvalue weighted by molar-refractivity contribution is 6.31. The van der Waals surface area contributed by atoms with E-state index in [2.05, 4.69) is 0 Å². The number of aldehydes is 1. The van der Waals surface area contributed by atoms with Gasteiger partial charge in [-0.1, -0.05) is 48.0 Å². The summed E-state index contributed by atoms with van der Waals surface area (Å²) in [6, 6.07) is 12.9. The Morgan fingerprint density at radius 2 is 2.04 bits per heavy atom. The topological polar surface area (TPSA) is 46.6 Å². The van der Waals surface area contributed by atoms with Gasteiger partial charge in [0.2, 0.25) is 0 Å². The predicted octanol–water partition coefficient (Wildman–Crippen LogP) is 3.85. The van der Waals surface area contributed by atoms with Crippen molar-refractivity contribution < 1.29 is 14.3 Å². The molecule has 0 fully saturated rings. The van der Waals surface area contributed by atoms with Crippen molar-refractivity contribution in [2.24, 2.45) is 0 Å². The molecule has 1 heterocycles. The standard InChI is InChI=1S/C18H16ClNO3/c19-17-7-2-1-4-15(17)12-23-18(22)20-9-8-13-5-3-6-14(11-21)16(13)10-20/h1-7,11H,8-10,12H2. The Morgan fingerprint density at radius 1 is 1.22 bits per heavy atom. The molecule has 0 saturated heterocycles. The summed E-state index contributed by atoms with van der Waals surface area (Å²) in [5.74, 6) is 0. The number of carbonyl (C=O) groups excluding carboxylic acids is 2. The van der Waals surface area contributed by atoms with E-state index in [1.807, 2.05) is 30.3 Å². The van der Waals surface area contributed by atoms with E-state index >= 15 is 0 Å². The normalized spacial score (nSPS) is 13.3. The molecule has 0 aromatic heterocycles. The number of nitrogens with zero attached hydrogens (tertiary/aromatic N) is 1. The highest BCUT2D eigenvalue weighted by Crippen LogP contribution is 2.23. The smallest absolute Gasteiger partial charge is 0.410 e. The minimum Gasteiger partial charge on any atom is -0.444 e. The van der Waals surface area contributed by atoms with Gasteiger partial charge in [-0.3, -0.25) is 4.79 Å². The van der Waals surface area contributed by atoms with Crippen LogP contribution in [0.1, 0.15) is 27.0 Å². The fraction of sp³-hybridized carbons (Fsp3) is 0.222. The maximum absolute atomic E-state index is 12.3. The lowest BCUT2D eigenvalue weighted by molar-refractivity contribution is 0.0914. The van der Waals surface area contributed by atoms with Gasteiger partial charge in [0.15, 0.2) is 0 Å². The number of rotatable bonds is 3. The molecule has 2 aromatic rings.